The van der Waals surface area contributed by atoms with Gasteiger partial charge in [-0.15, -0.1) is 0 Å². The number of carbonyl (C=O) groups is 1. The van der Waals surface area contributed by atoms with E-state index in [4.69, 9.17) is 0 Å². The molecule has 7 heteroatoms. The van der Waals surface area contributed by atoms with Gasteiger partial charge in [-0.1, -0.05) is 12.1 Å². The summed E-state index contributed by atoms with van der Waals surface area (Å²) in [4.78, 5) is 26.5. The van der Waals surface area contributed by atoms with Gasteiger partial charge in [0, 0.05) is 24.4 Å². The van der Waals surface area contributed by atoms with Gasteiger partial charge in [0.05, 0.1) is 10.5 Å². The van der Waals surface area contributed by atoms with Crippen LogP contribution in [0.2, 0.25) is 0 Å². The van der Waals surface area contributed by atoms with Crippen LogP contribution in [0.1, 0.15) is 21.5 Å². The van der Waals surface area contributed by atoms with Crippen LogP contribution in [0.3, 0.4) is 0 Å². The molecule has 1 heterocycles. The summed E-state index contributed by atoms with van der Waals surface area (Å²) in [7, 11) is 0. The Morgan fingerprint density at radius 1 is 1.38 bits per heavy atom. The molecule has 2 aromatic rings. The maximum Gasteiger partial charge on any atom is 0.272 e. The molecule has 0 saturated carbocycles. The topological polar surface area (TPSA) is 85.1 Å². The molecule has 0 spiro atoms. The van der Waals surface area contributed by atoms with Gasteiger partial charge in [0.15, 0.2) is 0 Å². The van der Waals surface area contributed by atoms with Gasteiger partial charge >= 0.3 is 0 Å². The van der Waals surface area contributed by atoms with E-state index in [0.717, 1.165) is 0 Å². The van der Waals surface area contributed by atoms with E-state index >= 15 is 0 Å². The summed E-state index contributed by atoms with van der Waals surface area (Å²) < 4.78 is 0.457. The molecule has 0 aliphatic carbocycles. The smallest absolute Gasteiger partial charge is 0.272 e. The summed E-state index contributed by atoms with van der Waals surface area (Å²) in [5.41, 5.74) is 1.72. The lowest BCUT2D eigenvalue weighted by Crippen LogP contribution is -2.23. The van der Waals surface area contributed by atoms with Crippen molar-refractivity contribution in [1.82, 2.24) is 10.3 Å². The predicted molar refractivity (Wildman–Crippen MR) is 80.9 cm³/mol. The lowest BCUT2D eigenvalue weighted by Gasteiger charge is -2.09. The number of rotatable bonds is 4. The van der Waals surface area contributed by atoms with Crippen molar-refractivity contribution in [2.24, 2.45) is 0 Å². The molecule has 1 aromatic heterocycles. The predicted octanol–water partition coefficient (Wildman–Crippen LogP) is 2.99. The zero-order valence-electron chi connectivity index (χ0n) is 11.2. The second-order valence-electron chi connectivity index (χ2n) is 4.34. The molecular formula is C14H12BrN3O3. The van der Waals surface area contributed by atoms with E-state index in [9.17, 15) is 14.9 Å². The Hall–Kier alpha value is -2.28. The summed E-state index contributed by atoms with van der Waals surface area (Å²) >= 11 is 3.21. The number of nitrogens with one attached hydrogen (secondary N) is 1. The Morgan fingerprint density at radius 3 is 2.81 bits per heavy atom. The summed E-state index contributed by atoms with van der Waals surface area (Å²) in [6, 6.07) is 8.11. The average Bonchev–Trinajstić information content (AvgIpc) is 2.46. The van der Waals surface area contributed by atoms with E-state index in [2.05, 4.69) is 26.2 Å². The number of hydrogen-bond donors (Lipinski definition) is 1. The number of halogens is 1. The van der Waals surface area contributed by atoms with Gasteiger partial charge in [-0.3, -0.25) is 14.9 Å². The summed E-state index contributed by atoms with van der Waals surface area (Å²) in [6.07, 6.45) is 1.57. The molecule has 108 valence electrons. The number of nitro benzene ring substituents is 1. The SMILES string of the molecule is Cc1c(CNC(=O)c2cccnc2Br)cccc1[N+](=O)[O-]. The van der Waals surface area contributed by atoms with Gasteiger partial charge in [-0.25, -0.2) is 4.98 Å². The molecule has 1 N–H and O–H groups in total. The minimum Gasteiger partial charge on any atom is -0.348 e. The van der Waals surface area contributed by atoms with Crippen LogP contribution in [-0.4, -0.2) is 15.8 Å². The second-order valence-corrected chi connectivity index (χ2v) is 5.09. The fraction of sp³-hybridized carbons (Fsp3) is 0.143. The molecule has 0 fully saturated rings. The van der Waals surface area contributed by atoms with Crippen molar-refractivity contribution in [2.75, 3.05) is 0 Å². The lowest BCUT2D eigenvalue weighted by molar-refractivity contribution is -0.385. The van der Waals surface area contributed by atoms with E-state index in [1.807, 2.05) is 0 Å². The van der Waals surface area contributed by atoms with E-state index < -0.39 is 4.92 Å². The van der Waals surface area contributed by atoms with Crippen LogP contribution in [0, 0.1) is 17.0 Å². The van der Waals surface area contributed by atoms with Crippen molar-refractivity contribution in [3.63, 3.8) is 0 Å². The molecule has 1 amide bonds. The standard InChI is InChI=1S/C14H12BrN3O3/c1-9-10(4-2-6-12(9)18(20)21)8-17-14(19)11-5-3-7-16-13(11)15/h2-7H,8H2,1H3,(H,17,19). The first-order chi connectivity index (χ1) is 10.0. The third kappa shape index (κ3) is 3.43. The van der Waals surface area contributed by atoms with Gasteiger partial charge in [0.2, 0.25) is 0 Å². The first kappa shape index (κ1) is 15.1. The van der Waals surface area contributed by atoms with Crippen molar-refractivity contribution < 1.29 is 9.72 Å². The van der Waals surface area contributed by atoms with Gasteiger partial charge in [0.25, 0.3) is 11.6 Å². The van der Waals surface area contributed by atoms with Crippen LogP contribution < -0.4 is 5.32 Å². The number of amides is 1. The molecule has 1 aromatic carbocycles. The third-order valence-electron chi connectivity index (χ3n) is 3.06. The minimum atomic E-state index is -0.432. The van der Waals surface area contributed by atoms with E-state index in [-0.39, 0.29) is 18.1 Å². The number of nitrogens with zero attached hydrogens (tertiary/aromatic N) is 2. The maximum absolute atomic E-state index is 12.1. The largest absolute Gasteiger partial charge is 0.348 e. The highest BCUT2D eigenvalue weighted by Gasteiger charge is 2.15. The normalized spacial score (nSPS) is 10.2. The van der Waals surface area contributed by atoms with Gasteiger partial charge in [0.1, 0.15) is 4.60 Å². The molecular weight excluding hydrogens is 338 g/mol. The summed E-state index contributed by atoms with van der Waals surface area (Å²) in [5, 5.41) is 13.6. The summed E-state index contributed by atoms with van der Waals surface area (Å²) in [6.45, 7) is 1.88. The molecule has 0 aliphatic rings. The lowest BCUT2D eigenvalue weighted by atomic mass is 10.1. The molecule has 0 atom stereocenters. The molecule has 0 unspecified atom stereocenters. The number of aromatic nitrogens is 1. The van der Waals surface area contributed by atoms with Crippen molar-refractivity contribution in [2.45, 2.75) is 13.5 Å². The fourth-order valence-corrected chi connectivity index (χ4v) is 2.32. The third-order valence-corrected chi connectivity index (χ3v) is 3.69. The Bertz CT molecular complexity index is 704. The average molecular weight is 350 g/mol. The molecule has 0 aliphatic heterocycles. The number of hydrogen-bond acceptors (Lipinski definition) is 4. The van der Waals surface area contributed by atoms with Crippen LogP contribution in [0.25, 0.3) is 0 Å². The van der Waals surface area contributed by atoms with E-state index in [0.29, 0.717) is 21.3 Å². The van der Waals surface area contributed by atoms with Gasteiger partial charge < -0.3 is 5.32 Å². The van der Waals surface area contributed by atoms with Gasteiger partial charge in [-0.2, -0.15) is 0 Å². The number of nitro groups is 1. The van der Waals surface area contributed by atoms with E-state index in [1.54, 1.807) is 37.4 Å². The first-order valence-corrected chi connectivity index (χ1v) is 6.91. The van der Waals surface area contributed by atoms with Crippen LogP contribution in [0.5, 0.6) is 0 Å². The maximum atomic E-state index is 12.1. The Balaban J connectivity index is 2.14. The molecule has 0 saturated heterocycles. The number of pyridine rings is 1. The molecule has 0 radical (unpaired) electrons. The summed E-state index contributed by atoms with van der Waals surface area (Å²) in [5.74, 6) is -0.291. The number of carbonyl (C=O) groups excluding carboxylic acids is 1. The van der Waals surface area contributed by atoms with Crippen LogP contribution >= 0.6 is 15.9 Å². The monoisotopic (exact) mass is 349 g/mol. The van der Waals surface area contributed by atoms with E-state index in [1.165, 1.54) is 6.07 Å². The van der Waals surface area contributed by atoms with Crippen molar-refractivity contribution in [3.8, 4) is 0 Å². The minimum absolute atomic E-state index is 0.0457. The van der Waals surface area contributed by atoms with Crippen molar-refractivity contribution >= 4 is 27.5 Å². The highest BCUT2D eigenvalue weighted by Crippen LogP contribution is 2.21. The quantitative estimate of drug-likeness (QED) is 0.522. The highest BCUT2D eigenvalue weighted by molar-refractivity contribution is 9.10. The Kier molecular flexibility index (Phi) is 4.64. The molecule has 6 nitrogen and oxygen atoms in total. The Morgan fingerprint density at radius 2 is 2.14 bits per heavy atom. The van der Waals surface area contributed by atoms with Crippen LogP contribution in [0.4, 0.5) is 5.69 Å². The molecule has 2 rings (SSSR count). The van der Waals surface area contributed by atoms with Crippen molar-refractivity contribution in [3.05, 3.63) is 67.9 Å². The van der Waals surface area contributed by atoms with Crippen LogP contribution in [0.15, 0.2) is 41.1 Å². The Labute approximate surface area is 129 Å². The first-order valence-electron chi connectivity index (χ1n) is 6.12. The van der Waals surface area contributed by atoms with Crippen molar-refractivity contribution in [1.29, 1.82) is 0 Å². The highest BCUT2D eigenvalue weighted by atomic mass is 79.9. The second kappa shape index (κ2) is 6.45. The molecule has 21 heavy (non-hydrogen) atoms. The zero-order valence-corrected chi connectivity index (χ0v) is 12.8. The fourth-order valence-electron chi connectivity index (χ4n) is 1.89. The van der Waals surface area contributed by atoms with Crippen LogP contribution in [-0.2, 0) is 6.54 Å². The number of benzene rings is 1. The zero-order chi connectivity index (χ0) is 15.4. The molecule has 0 bridgehead atoms. The van der Waals surface area contributed by atoms with Gasteiger partial charge in [-0.05, 0) is 40.5 Å².